The molecular weight excluding hydrogens is 315 g/mol. The average molecular weight is 327 g/mol. The Bertz CT molecular complexity index is 750. The minimum atomic E-state index is -0.877. The van der Waals surface area contributed by atoms with Crippen LogP contribution in [0.25, 0.3) is 10.9 Å². The third-order valence-corrected chi connectivity index (χ3v) is 4.45. The van der Waals surface area contributed by atoms with Gasteiger partial charge in [0.1, 0.15) is 5.69 Å². The second kappa shape index (κ2) is 4.93. The lowest BCUT2D eigenvalue weighted by atomic mass is 10.1. The lowest BCUT2D eigenvalue weighted by molar-refractivity contribution is -0.143. The largest absolute Gasteiger partial charge is 0.481 e. The van der Waals surface area contributed by atoms with Crippen LogP contribution < -0.4 is 5.32 Å². The zero-order valence-corrected chi connectivity index (χ0v) is 12.4. The van der Waals surface area contributed by atoms with Crippen molar-refractivity contribution in [3.05, 3.63) is 33.9 Å². The SMILES string of the molecule is O=C(NCC1(C(=O)O)CC1)c1[nH]c2ccc(Cl)cc2c1Cl. The number of carboxylic acid groups (broad SMARTS) is 1. The first-order chi connectivity index (χ1) is 9.93. The summed E-state index contributed by atoms with van der Waals surface area (Å²) in [6, 6.07) is 5.11. The maximum Gasteiger partial charge on any atom is 0.311 e. The standard InChI is InChI=1S/C14H12Cl2N2O3/c15-7-1-2-9-8(5-7)10(16)11(18-9)12(19)17-6-14(3-4-14)13(20)21/h1-2,5,18H,3-4,6H2,(H,17,19)(H,20,21). The van der Waals surface area contributed by atoms with E-state index in [-0.39, 0.29) is 17.3 Å². The number of aromatic nitrogens is 1. The number of fused-ring (bicyclic) bond motifs is 1. The summed E-state index contributed by atoms with van der Waals surface area (Å²) in [7, 11) is 0. The Balaban J connectivity index is 1.82. The molecule has 0 atom stereocenters. The zero-order valence-electron chi connectivity index (χ0n) is 10.9. The van der Waals surface area contributed by atoms with Crippen LogP contribution in [-0.4, -0.2) is 28.5 Å². The second-order valence-electron chi connectivity index (χ2n) is 5.27. The molecule has 7 heteroatoms. The van der Waals surface area contributed by atoms with Gasteiger partial charge in [0, 0.05) is 22.5 Å². The molecule has 1 aromatic carbocycles. The number of carbonyl (C=O) groups excluding carboxylic acids is 1. The summed E-state index contributed by atoms with van der Waals surface area (Å²) in [5.74, 6) is -1.29. The van der Waals surface area contributed by atoms with Crippen LogP contribution >= 0.6 is 23.2 Å². The maximum absolute atomic E-state index is 12.2. The van der Waals surface area contributed by atoms with Crippen LogP contribution in [0.3, 0.4) is 0 Å². The molecule has 1 aliphatic rings. The third kappa shape index (κ3) is 2.47. The quantitative estimate of drug-likeness (QED) is 0.807. The highest BCUT2D eigenvalue weighted by atomic mass is 35.5. The molecule has 0 aliphatic heterocycles. The summed E-state index contributed by atoms with van der Waals surface area (Å²) in [5.41, 5.74) is 0.112. The van der Waals surface area contributed by atoms with Gasteiger partial charge in [0.05, 0.1) is 10.4 Å². The fourth-order valence-corrected chi connectivity index (χ4v) is 2.70. The van der Waals surface area contributed by atoms with Crippen LogP contribution in [0.5, 0.6) is 0 Å². The van der Waals surface area contributed by atoms with Crippen molar-refractivity contribution in [2.45, 2.75) is 12.8 Å². The number of rotatable bonds is 4. The van der Waals surface area contributed by atoms with E-state index in [1.165, 1.54) is 0 Å². The maximum atomic E-state index is 12.2. The van der Waals surface area contributed by atoms with E-state index in [1.807, 2.05) is 0 Å². The highest BCUT2D eigenvalue weighted by Gasteiger charge is 2.50. The highest BCUT2D eigenvalue weighted by molar-refractivity contribution is 6.39. The Morgan fingerprint density at radius 2 is 2.05 bits per heavy atom. The lowest BCUT2D eigenvalue weighted by Gasteiger charge is -2.10. The van der Waals surface area contributed by atoms with Crippen molar-refractivity contribution in [2.24, 2.45) is 5.41 Å². The van der Waals surface area contributed by atoms with Crippen LogP contribution in [0.1, 0.15) is 23.3 Å². The van der Waals surface area contributed by atoms with Gasteiger partial charge < -0.3 is 15.4 Å². The van der Waals surface area contributed by atoms with E-state index < -0.39 is 17.3 Å². The van der Waals surface area contributed by atoms with Gasteiger partial charge in [0.25, 0.3) is 5.91 Å². The second-order valence-corrected chi connectivity index (χ2v) is 6.09. The molecule has 1 amide bonds. The summed E-state index contributed by atoms with van der Waals surface area (Å²) in [6.45, 7) is 0.105. The molecule has 5 nitrogen and oxygen atoms in total. The molecule has 0 spiro atoms. The minimum Gasteiger partial charge on any atom is -0.481 e. The van der Waals surface area contributed by atoms with E-state index in [0.717, 1.165) is 0 Å². The molecule has 0 radical (unpaired) electrons. The number of aromatic amines is 1. The number of amides is 1. The van der Waals surface area contributed by atoms with Crippen molar-refractivity contribution in [1.29, 1.82) is 0 Å². The van der Waals surface area contributed by atoms with Gasteiger partial charge in [-0.3, -0.25) is 9.59 Å². The van der Waals surface area contributed by atoms with E-state index in [1.54, 1.807) is 18.2 Å². The molecule has 1 heterocycles. The van der Waals surface area contributed by atoms with Crippen LogP contribution in [0.2, 0.25) is 10.0 Å². The predicted octanol–water partition coefficient (Wildman–Crippen LogP) is 3.07. The molecule has 3 N–H and O–H groups in total. The smallest absolute Gasteiger partial charge is 0.311 e. The first-order valence-electron chi connectivity index (χ1n) is 6.41. The van der Waals surface area contributed by atoms with Crippen molar-refractivity contribution in [3.63, 3.8) is 0 Å². The van der Waals surface area contributed by atoms with E-state index in [9.17, 15) is 9.59 Å². The van der Waals surface area contributed by atoms with Crippen LogP contribution in [0, 0.1) is 5.41 Å². The molecule has 0 bridgehead atoms. The Morgan fingerprint density at radius 3 is 2.67 bits per heavy atom. The van der Waals surface area contributed by atoms with Crippen molar-refractivity contribution in [1.82, 2.24) is 10.3 Å². The molecule has 2 aromatic rings. The zero-order chi connectivity index (χ0) is 15.2. The number of carboxylic acids is 1. The number of benzene rings is 1. The van der Waals surface area contributed by atoms with E-state index >= 15 is 0 Å². The summed E-state index contributed by atoms with van der Waals surface area (Å²) in [4.78, 5) is 26.2. The van der Waals surface area contributed by atoms with Gasteiger partial charge >= 0.3 is 5.97 Å². The fourth-order valence-electron chi connectivity index (χ4n) is 2.24. The van der Waals surface area contributed by atoms with Gasteiger partial charge in [-0.05, 0) is 31.0 Å². The monoisotopic (exact) mass is 326 g/mol. The van der Waals surface area contributed by atoms with Gasteiger partial charge in [-0.1, -0.05) is 23.2 Å². The van der Waals surface area contributed by atoms with Crippen LogP contribution in [-0.2, 0) is 4.79 Å². The van der Waals surface area contributed by atoms with Gasteiger partial charge in [-0.15, -0.1) is 0 Å². The number of halogens is 2. The molecule has 1 aromatic heterocycles. The van der Waals surface area contributed by atoms with Crippen molar-refractivity contribution in [2.75, 3.05) is 6.54 Å². The molecular formula is C14H12Cl2N2O3. The molecule has 3 rings (SSSR count). The lowest BCUT2D eigenvalue weighted by Crippen LogP contribution is -2.34. The van der Waals surface area contributed by atoms with E-state index in [0.29, 0.717) is 28.8 Å². The number of hydrogen-bond donors (Lipinski definition) is 3. The Morgan fingerprint density at radius 1 is 1.33 bits per heavy atom. The van der Waals surface area contributed by atoms with E-state index in [4.69, 9.17) is 28.3 Å². The molecule has 1 saturated carbocycles. The molecule has 21 heavy (non-hydrogen) atoms. The summed E-state index contributed by atoms with van der Waals surface area (Å²) in [5, 5.41) is 13.2. The highest BCUT2D eigenvalue weighted by Crippen LogP contribution is 2.45. The van der Waals surface area contributed by atoms with Crippen molar-refractivity contribution >= 4 is 46.0 Å². The summed E-state index contributed by atoms with van der Waals surface area (Å²) < 4.78 is 0. The third-order valence-electron chi connectivity index (χ3n) is 3.82. The Hall–Kier alpha value is -1.72. The average Bonchev–Trinajstić information content (AvgIpc) is 3.18. The van der Waals surface area contributed by atoms with Crippen molar-refractivity contribution in [3.8, 4) is 0 Å². The molecule has 0 saturated heterocycles. The van der Waals surface area contributed by atoms with Crippen LogP contribution in [0.4, 0.5) is 0 Å². The van der Waals surface area contributed by atoms with Gasteiger partial charge in [-0.25, -0.2) is 0 Å². The molecule has 110 valence electrons. The Kier molecular flexibility index (Phi) is 3.34. The predicted molar refractivity (Wildman–Crippen MR) is 80.0 cm³/mol. The molecule has 1 aliphatic carbocycles. The topological polar surface area (TPSA) is 82.2 Å². The number of nitrogens with one attached hydrogen (secondary N) is 2. The number of aliphatic carboxylic acids is 1. The van der Waals surface area contributed by atoms with Gasteiger partial charge in [-0.2, -0.15) is 0 Å². The first kappa shape index (κ1) is 14.2. The van der Waals surface area contributed by atoms with Gasteiger partial charge in [0.2, 0.25) is 0 Å². The van der Waals surface area contributed by atoms with Crippen molar-refractivity contribution < 1.29 is 14.7 Å². The number of hydrogen-bond acceptors (Lipinski definition) is 2. The molecule has 1 fully saturated rings. The number of H-pyrrole nitrogens is 1. The summed E-state index contributed by atoms with van der Waals surface area (Å²) >= 11 is 12.1. The van der Waals surface area contributed by atoms with E-state index in [2.05, 4.69) is 10.3 Å². The Labute approximate surface area is 130 Å². The molecule has 0 unspecified atom stereocenters. The first-order valence-corrected chi connectivity index (χ1v) is 7.17. The van der Waals surface area contributed by atoms with Crippen LogP contribution in [0.15, 0.2) is 18.2 Å². The normalized spacial score (nSPS) is 15.9. The fraction of sp³-hybridized carbons (Fsp3) is 0.286. The summed E-state index contributed by atoms with van der Waals surface area (Å²) in [6.07, 6.45) is 1.16. The number of carbonyl (C=O) groups is 2. The van der Waals surface area contributed by atoms with Gasteiger partial charge in [0.15, 0.2) is 0 Å². The minimum absolute atomic E-state index is 0.105.